The zero-order chi connectivity index (χ0) is 11.8. The molecule has 0 aliphatic heterocycles. The maximum Gasteiger partial charge on any atom is 0.118 e. The molecule has 0 saturated carbocycles. The second-order valence-corrected chi connectivity index (χ2v) is 3.84. The number of methoxy groups -OCH3 is 2. The molecule has 0 heterocycles. The minimum absolute atomic E-state index is 0.288. The fourth-order valence-electron chi connectivity index (χ4n) is 1.60. The second-order valence-electron chi connectivity index (χ2n) is 3.84. The summed E-state index contributed by atoms with van der Waals surface area (Å²) in [6.07, 6.45) is 2.07. The van der Waals surface area contributed by atoms with Crippen LogP contribution in [0.5, 0.6) is 5.75 Å². The minimum Gasteiger partial charge on any atom is -0.497 e. The average molecular weight is 224 g/mol. The fraction of sp³-hybridized carbons (Fsp3) is 0.538. The number of rotatable bonds is 7. The summed E-state index contributed by atoms with van der Waals surface area (Å²) in [6, 6.07) is 7.80. The summed E-state index contributed by atoms with van der Waals surface area (Å²) in [5.74, 6) is 0.845. The van der Waals surface area contributed by atoms with Crippen LogP contribution in [0.3, 0.4) is 0 Å². The van der Waals surface area contributed by atoms with E-state index in [0.29, 0.717) is 13.0 Å². The highest BCUT2D eigenvalue weighted by molar-refractivity contribution is 5.27. The lowest BCUT2D eigenvalue weighted by molar-refractivity contribution is 0.135. The molecule has 0 radical (unpaired) electrons. The van der Waals surface area contributed by atoms with Crippen molar-refractivity contribution in [3.63, 3.8) is 0 Å². The number of aliphatic hydroxyl groups excluding tert-OH is 1. The van der Waals surface area contributed by atoms with E-state index in [0.717, 1.165) is 24.2 Å². The summed E-state index contributed by atoms with van der Waals surface area (Å²) in [6.45, 7) is 0.708. The zero-order valence-corrected chi connectivity index (χ0v) is 9.98. The molecule has 0 aliphatic carbocycles. The molecule has 0 saturated heterocycles. The molecule has 1 aromatic rings. The van der Waals surface area contributed by atoms with E-state index < -0.39 is 0 Å². The molecule has 1 aromatic carbocycles. The molecule has 1 N–H and O–H groups in total. The molecule has 3 nitrogen and oxygen atoms in total. The van der Waals surface area contributed by atoms with Crippen molar-refractivity contribution in [2.75, 3.05) is 20.8 Å². The van der Waals surface area contributed by atoms with Gasteiger partial charge in [-0.2, -0.15) is 0 Å². The Labute approximate surface area is 97.0 Å². The Hall–Kier alpha value is -1.06. The zero-order valence-electron chi connectivity index (χ0n) is 9.98. The van der Waals surface area contributed by atoms with Crippen molar-refractivity contribution in [1.82, 2.24) is 0 Å². The van der Waals surface area contributed by atoms with Gasteiger partial charge in [0, 0.05) is 13.7 Å². The SMILES string of the molecule is COCCCC(O)Cc1ccc(OC)cc1. The molecule has 0 aromatic heterocycles. The Morgan fingerprint density at radius 3 is 2.44 bits per heavy atom. The molecule has 1 rings (SSSR count). The summed E-state index contributed by atoms with van der Waals surface area (Å²) in [5, 5.41) is 9.77. The summed E-state index contributed by atoms with van der Waals surface area (Å²) >= 11 is 0. The van der Waals surface area contributed by atoms with E-state index >= 15 is 0 Å². The van der Waals surface area contributed by atoms with E-state index in [9.17, 15) is 5.11 Å². The first-order valence-corrected chi connectivity index (χ1v) is 5.56. The first-order chi connectivity index (χ1) is 7.76. The van der Waals surface area contributed by atoms with Crippen molar-refractivity contribution in [3.8, 4) is 5.75 Å². The van der Waals surface area contributed by atoms with E-state index in [1.807, 2.05) is 24.3 Å². The average Bonchev–Trinajstić information content (AvgIpc) is 2.30. The number of hydrogen-bond donors (Lipinski definition) is 1. The lowest BCUT2D eigenvalue weighted by Crippen LogP contribution is -2.11. The molecule has 90 valence electrons. The van der Waals surface area contributed by atoms with Crippen molar-refractivity contribution in [2.24, 2.45) is 0 Å². The summed E-state index contributed by atoms with van der Waals surface area (Å²) < 4.78 is 10.0. The molecule has 16 heavy (non-hydrogen) atoms. The fourth-order valence-corrected chi connectivity index (χ4v) is 1.60. The van der Waals surface area contributed by atoms with Crippen LogP contribution in [0.4, 0.5) is 0 Å². The Morgan fingerprint density at radius 2 is 1.88 bits per heavy atom. The van der Waals surface area contributed by atoms with Gasteiger partial charge in [0.2, 0.25) is 0 Å². The van der Waals surface area contributed by atoms with Crippen molar-refractivity contribution in [2.45, 2.75) is 25.4 Å². The van der Waals surface area contributed by atoms with Crippen molar-refractivity contribution in [3.05, 3.63) is 29.8 Å². The highest BCUT2D eigenvalue weighted by Crippen LogP contribution is 2.13. The van der Waals surface area contributed by atoms with E-state index in [1.165, 1.54) is 0 Å². The Morgan fingerprint density at radius 1 is 1.19 bits per heavy atom. The predicted molar refractivity (Wildman–Crippen MR) is 63.8 cm³/mol. The normalized spacial score (nSPS) is 12.4. The van der Waals surface area contributed by atoms with Gasteiger partial charge in [-0.05, 0) is 37.0 Å². The predicted octanol–water partition coefficient (Wildman–Crippen LogP) is 2.03. The molecule has 0 bridgehead atoms. The van der Waals surface area contributed by atoms with E-state index in [1.54, 1.807) is 14.2 Å². The first-order valence-electron chi connectivity index (χ1n) is 5.56. The van der Waals surface area contributed by atoms with Crippen LogP contribution in [0, 0.1) is 0 Å². The Bertz CT molecular complexity index is 282. The van der Waals surface area contributed by atoms with Gasteiger partial charge in [0.15, 0.2) is 0 Å². The highest BCUT2D eigenvalue weighted by atomic mass is 16.5. The molecule has 0 spiro atoms. The monoisotopic (exact) mass is 224 g/mol. The second kappa shape index (κ2) is 7.25. The van der Waals surface area contributed by atoms with Gasteiger partial charge in [-0.25, -0.2) is 0 Å². The molecular weight excluding hydrogens is 204 g/mol. The van der Waals surface area contributed by atoms with Crippen molar-refractivity contribution < 1.29 is 14.6 Å². The van der Waals surface area contributed by atoms with Gasteiger partial charge in [-0.1, -0.05) is 12.1 Å². The van der Waals surface area contributed by atoms with Gasteiger partial charge in [0.1, 0.15) is 5.75 Å². The van der Waals surface area contributed by atoms with Gasteiger partial charge < -0.3 is 14.6 Å². The third-order valence-corrected chi connectivity index (χ3v) is 2.52. The Kier molecular flexibility index (Phi) is 5.90. The third-order valence-electron chi connectivity index (χ3n) is 2.52. The van der Waals surface area contributed by atoms with E-state index in [-0.39, 0.29) is 6.10 Å². The van der Waals surface area contributed by atoms with Crippen LogP contribution < -0.4 is 4.74 Å². The molecular formula is C13H20O3. The van der Waals surface area contributed by atoms with Gasteiger partial charge in [0.05, 0.1) is 13.2 Å². The molecule has 3 heteroatoms. The molecule has 1 unspecified atom stereocenters. The van der Waals surface area contributed by atoms with Crippen LogP contribution in [0.25, 0.3) is 0 Å². The summed E-state index contributed by atoms with van der Waals surface area (Å²) in [5.41, 5.74) is 1.13. The molecule has 0 fully saturated rings. The maximum absolute atomic E-state index is 9.77. The van der Waals surface area contributed by atoms with Gasteiger partial charge in [0.25, 0.3) is 0 Å². The maximum atomic E-state index is 9.77. The van der Waals surface area contributed by atoms with Gasteiger partial charge in [-0.15, -0.1) is 0 Å². The minimum atomic E-state index is -0.288. The molecule has 0 aliphatic rings. The van der Waals surface area contributed by atoms with Crippen molar-refractivity contribution in [1.29, 1.82) is 0 Å². The van der Waals surface area contributed by atoms with Gasteiger partial charge >= 0.3 is 0 Å². The summed E-state index contributed by atoms with van der Waals surface area (Å²) in [7, 11) is 3.32. The van der Waals surface area contributed by atoms with Crippen LogP contribution in [0.2, 0.25) is 0 Å². The Balaban J connectivity index is 2.34. The number of aliphatic hydroxyl groups is 1. The van der Waals surface area contributed by atoms with Crippen LogP contribution >= 0.6 is 0 Å². The summed E-state index contributed by atoms with van der Waals surface area (Å²) in [4.78, 5) is 0. The first kappa shape index (κ1) is 13.0. The quantitative estimate of drug-likeness (QED) is 0.720. The van der Waals surface area contributed by atoms with E-state index in [4.69, 9.17) is 9.47 Å². The molecule has 1 atom stereocenters. The van der Waals surface area contributed by atoms with Crippen LogP contribution in [-0.2, 0) is 11.2 Å². The lowest BCUT2D eigenvalue weighted by atomic mass is 10.0. The molecule has 0 amide bonds. The van der Waals surface area contributed by atoms with Crippen LogP contribution in [0.15, 0.2) is 24.3 Å². The topological polar surface area (TPSA) is 38.7 Å². The smallest absolute Gasteiger partial charge is 0.118 e. The van der Waals surface area contributed by atoms with Crippen LogP contribution in [-0.4, -0.2) is 32.0 Å². The van der Waals surface area contributed by atoms with Crippen LogP contribution in [0.1, 0.15) is 18.4 Å². The van der Waals surface area contributed by atoms with E-state index in [2.05, 4.69) is 0 Å². The highest BCUT2D eigenvalue weighted by Gasteiger charge is 2.05. The number of hydrogen-bond acceptors (Lipinski definition) is 3. The number of ether oxygens (including phenoxy) is 2. The largest absolute Gasteiger partial charge is 0.497 e. The van der Waals surface area contributed by atoms with Crippen molar-refractivity contribution >= 4 is 0 Å². The van der Waals surface area contributed by atoms with Gasteiger partial charge in [-0.3, -0.25) is 0 Å². The standard InChI is InChI=1S/C13H20O3/c1-15-9-3-4-12(14)10-11-5-7-13(16-2)8-6-11/h5-8,12,14H,3-4,9-10H2,1-2H3. The third kappa shape index (κ3) is 4.64. The number of benzene rings is 1. The lowest BCUT2D eigenvalue weighted by Gasteiger charge is -2.10.